The number of alkyl carbamates (subject to hydrolysis) is 1. The average molecular weight is 229 g/mol. The van der Waals surface area contributed by atoms with E-state index in [0.29, 0.717) is 6.54 Å². The lowest BCUT2D eigenvalue weighted by Gasteiger charge is -2.19. The van der Waals surface area contributed by atoms with Crippen LogP contribution in [-0.2, 0) is 9.53 Å². The van der Waals surface area contributed by atoms with Gasteiger partial charge in [0.1, 0.15) is 11.9 Å². The maximum Gasteiger partial charge on any atom is 0.407 e. The minimum Gasteiger partial charge on any atom is -0.444 e. The minimum absolute atomic E-state index is 0.113. The van der Waals surface area contributed by atoms with Crippen molar-refractivity contribution in [2.75, 3.05) is 6.54 Å². The van der Waals surface area contributed by atoms with Crippen LogP contribution in [0.2, 0.25) is 0 Å². The zero-order valence-electron chi connectivity index (χ0n) is 10.7. The molecule has 0 aliphatic rings. The predicted molar refractivity (Wildman–Crippen MR) is 63.3 cm³/mol. The van der Waals surface area contributed by atoms with E-state index in [9.17, 15) is 9.59 Å². The highest BCUT2D eigenvalue weighted by Gasteiger charge is 2.15. The van der Waals surface area contributed by atoms with Gasteiger partial charge in [0.25, 0.3) is 0 Å². The summed E-state index contributed by atoms with van der Waals surface area (Å²) in [7, 11) is 0. The third-order valence-electron chi connectivity index (χ3n) is 1.99. The van der Waals surface area contributed by atoms with Crippen molar-refractivity contribution in [1.29, 1.82) is 0 Å². The molecule has 0 aromatic carbocycles. The van der Waals surface area contributed by atoms with Crippen LogP contribution < -0.4 is 5.32 Å². The number of hydrogen-bond donors (Lipinski definition) is 1. The number of hydrogen-bond acceptors (Lipinski definition) is 3. The first-order valence-electron chi connectivity index (χ1n) is 5.77. The van der Waals surface area contributed by atoms with E-state index in [2.05, 4.69) is 5.32 Å². The summed E-state index contributed by atoms with van der Waals surface area (Å²) in [5.74, 6) is 0.113. The summed E-state index contributed by atoms with van der Waals surface area (Å²) >= 11 is 0. The van der Waals surface area contributed by atoms with Crippen LogP contribution >= 0.6 is 0 Å². The Morgan fingerprint density at radius 3 is 2.50 bits per heavy atom. The fraction of sp³-hybridized carbons (Fsp3) is 0.833. The molecule has 4 heteroatoms. The lowest BCUT2D eigenvalue weighted by Crippen LogP contribution is -2.33. The summed E-state index contributed by atoms with van der Waals surface area (Å²) in [6, 6.07) is 0. The van der Waals surface area contributed by atoms with Crippen molar-refractivity contribution < 1.29 is 14.3 Å². The van der Waals surface area contributed by atoms with Gasteiger partial charge in [-0.05, 0) is 33.6 Å². The van der Waals surface area contributed by atoms with Crippen LogP contribution in [0.5, 0.6) is 0 Å². The quantitative estimate of drug-likeness (QED) is 0.562. The number of aldehydes is 1. The van der Waals surface area contributed by atoms with E-state index in [1.54, 1.807) is 0 Å². The van der Waals surface area contributed by atoms with Crippen LogP contribution in [0.15, 0.2) is 0 Å². The molecule has 94 valence electrons. The molecule has 0 unspecified atom stereocenters. The van der Waals surface area contributed by atoms with E-state index in [-0.39, 0.29) is 12.0 Å². The molecule has 4 nitrogen and oxygen atoms in total. The first kappa shape index (κ1) is 14.9. The van der Waals surface area contributed by atoms with Crippen LogP contribution in [0, 0.1) is 5.92 Å². The zero-order chi connectivity index (χ0) is 12.6. The highest BCUT2D eigenvalue weighted by Crippen LogP contribution is 2.07. The summed E-state index contributed by atoms with van der Waals surface area (Å²) in [5, 5.41) is 2.68. The highest BCUT2D eigenvalue weighted by molar-refractivity contribution is 5.67. The summed E-state index contributed by atoms with van der Waals surface area (Å²) in [6.45, 7) is 7.99. The molecular weight excluding hydrogens is 206 g/mol. The Bertz CT molecular complexity index is 221. The molecule has 0 rings (SSSR count). The normalized spacial score (nSPS) is 13.0. The van der Waals surface area contributed by atoms with Crippen LogP contribution in [-0.4, -0.2) is 24.5 Å². The van der Waals surface area contributed by atoms with Gasteiger partial charge in [0.05, 0.1) is 0 Å². The molecule has 1 amide bonds. The summed E-state index contributed by atoms with van der Waals surface area (Å²) in [4.78, 5) is 21.6. The van der Waals surface area contributed by atoms with Gasteiger partial charge in [-0.15, -0.1) is 0 Å². The van der Waals surface area contributed by atoms with Gasteiger partial charge in [-0.3, -0.25) is 0 Å². The topological polar surface area (TPSA) is 55.4 Å². The molecule has 0 spiro atoms. The molecule has 0 heterocycles. The third-order valence-corrected chi connectivity index (χ3v) is 1.99. The minimum atomic E-state index is -0.448. The fourth-order valence-electron chi connectivity index (χ4n) is 1.16. The Hall–Kier alpha value is -1.06. The molecule has 0 saturated heterocycles. The highest BCUT2D eigenvalue weighted by atomic mass is 16.6. The van der Waals surface area contributed by atoms with E-state index in [4.69, 9.17) is 4.74 Å². The second-order valence-corrected chi connectivity index (χ2v) is 5.04. The monoisotopic (exact) mass is 229 g/mol. The van der Waals surface area contributed by atoms with E-state index in [1.165, 1.54) is 0 Å². The van der Waals surface area contributed by atoms with Crippen molar-refractivity contribution in [3.8, 4) is 0 Å². The van der Waals surface area contributed by atoms with Gasteiger partial charge in [0, 0.05) is 12.5 Å². The largest absolute Gasteiger partial charge is 0.444 e. The second kappa shape index (κ2) is 7.25. The molecule has 1 N–H and O–H groups in total. The number of nitrogens with one attached hydrogen (secondary N) is 1. The van der Waals surface area contributed by atoms with Crippen LogP contribution in [0.4, 0.5) is 4.79 Å². The Labute approximate surface area is 97.7 Å². The van der Waals surface area contributed by atoms with Crippen molar-refractivity contribution in [2.45, 2.75) is 52.6 Å². The number of carbonyl (C=O) groups is 2. The van der Waals surface area contributed by atoms with Crippen LogP contribution in [0.3, 0.4) is 0 Å². The molecule has 1 atom stereocenters. The molecule has 0 bridgehead atoms. The number of amides is 1. The Kier molecular flexibility index (Phi) is 6.77. The standard InChI is InChI=1S/C12H23NO3/c1-10(9-14)7-5-6-8-13-11(15)16-12(2,3)4/h9-10H,5-8H2,1-4H3,(H,13,15)/t10-/m0/s1. The number of carbonyl (C=O) groups excluding carboxylic acids is 2. The van der Waals surface area contributed by atoms with Gasteiger partial charge in [-0.1, -0.05) is 13.3 Å². The summed E-state index contributed by atoms with van der Waals surface area (Å²) < 4.78 is 5.08. The molecule has 0 radical (unpaired) electrons. The van der Waals surface area contributed by atoms with Gasteiger partial charge in [0.2, 0.25) is 0 Å². The Morgan fingerprint density at radius 2 is 2.00 bits per heavy atom. The maximum absolute atomic E-state index is 11.2. The molecule has 0 saturated carbocycles. The van der Waals surface area contributed by atoms with Crippen LogP contribution in [0.1, 0.15) is 47.0 Å². The van der Waals surface area contributed by atoms with Gasteiger partial charge < -0.3 is 14.8 Å². The Morgan fingerprint density at radius 1 is 1.38 bits per heavy atom. The molecule has 0 fully saturated rings. The fourth-order valence-corrected chi connectivity index (χ4v) is 1.16. The van der Waals surface area contributed by atoms with E-state index in [0.717, 1.165) is 25.5 Å². The second-order valence-electron chi connectivity index (χ2n) is 5.04. The lowest BCUT2D eigenvalue weighted by atomic mass is 10.1. The van der Waals surface area contributed by atoms with Gasteiger partial charge >= 0.3 is 6.09 Å². The predicted octanol–water partition coefficient (Wildman–Crippen LogP) is 2.52. The molecule has 0 aromatic heterocycles. The lowest BCUT2D eigenvalue weighted by molar-refractivity contribution is -0.110. The SMILES string of the molecule is C[C@H](C=O)CCCCNC(=O)OC(C)(C)C. The number of ether oxygens (including phenoxy) is 1. The maximum atomic E-state index is 11.2. The first-order chi connectivity index (χ1) is 7.35. The van der Waals surface area contributed by atoms with Gasteiger partial charge in [-0.25, -0.2) is 4.79 Å². The molecule has 16 heavy (non-hydrogen) atoms. The third kappa shape index (κ3) is 9.49. The van der Waals surface area contributed by atoms with E-state index >= 15 is 0 Å². The number of unbranched alkanes of at least 4 members (excludes halogenated alkanes) is 1. The average Bonchev–Trinajstić information content (AvgIpc) is 2.14. The van der Waals surface area contributed by atoms with Crippen molar-refractivity contribution in [2.24, 2.45) is 5.92 Å². The van der Waals surface area contributed by atoms with Crippen molar-refractivity contribution in [1.82, 2.24) is 5.32 Å². The van der Waals surface area contributed by atoms with E-state index < -0.39 is 5.60 Å². The zero-order valence-corrected chi connectivity index (χ0v) is 10.7. The molecule has 0 aliphatic heterocycles. The van der Waals surface area contributed by atoms with Gasteiger partial charge in [-0.2, -0.15) is 0 Å². The van der Waals surface area contributed by atoms with Crippen LogP contribution in [0.25, 0.3) is 0 Å². The first-order valence-corrected chi connectivity index (χ1v) is 5.77. The van der Waals surface area contributed by atoms with E-state index in [1.807, 2.05) is 27.7 Å². The molecular formula is C12H23NO3. The van der Waals surface area contributed by atoms with Gasteiger partial charge in [0.15, 0.2) is 0 Å². The molecule has 0 aliphatic carbocycles. The smallest absolute Gasteiger partial charge is 0.407 e. The molecule has 0 aromatic rings. The van der Waals surface area contributed by atoms with Crippen molar-refractivity contribution >= 4 is 12.4 Å². The number of rotatable bonds is 6. The van der Waals surface area contributed by atoms with Crippen molar-refractivity contribution in [3.05, 3.63) is 0 Å². The summed E-state index contributed by atoms with van der Waals surface area (Å²) in [6.07, 6.45) is 3.27. The summed E-state index contributed by atoms with van der Waals surface area (Å²) in [5.41, 5.74) is -0.448. The Balaban J connectivity index is 3.45. The van der Waals surface area contributed by atoms with Crippen molar-refractivity contribution in [3.63, 3.8) is 0 Å².